The van der Waals surface area contributed by atoms with E-state index in [-0.39, 0.29) is 5.82 Å². The van der Waals surface area contributed by atoms with E-state index in [1.807, 2.05) is 61.5 Å². The van der Waals surface area contributed by atoms with E-state index in [1.165, 1.54) is 0 Å². The normalized spacial score (nSPS) is 10.2. The molecule has 0 bridgehead atoms. The zero-order valence-corrected chi connectivity index (χ0v) is 14.7. The molecule has 0 amide bonds. The van der Waals surface area contributed by atoms with Crippen LogP contribution >= 0.6 is 0 Å². The molecular weight excluding hydrogens is 326 g/mol. The molecule has 130 valence electrons. The molecule has 0 atom stereocenters. The van der Waals surface area contributed by atoms with Gasteiger partial charge in [-0.2, -0.15) is 5.26 Å². The molecule has 5 nitrogen and oxygen atoms in total. The van der Waals surface area contributed by atoms with Crippen molar-refractivity contribution < 1.29 is 9.47 Å². The van der Waals surface area contributed by atoms with Crippen molar-refractivity contribution in [2.75, 3.05) is 19.5 Å². The zero-order chi connectivity index (χ0) is 18.5. The maximum Gasteiger partial charge on any atom is 0.142 e. The molecule has 0 unspecified atom stereocenters. The second-order valence-corrected chi connectivity index (χ2v) is 5.59. The van der Waals surface area contributed by atoms with E-state index in [4.69, 9.17) is 15.2 Å². The summed E-state index contributed by atoms with van der Waals surface area (Å²) < 4.78 is 11.0. The molecule has 0 aliphatic heterocycles. The number of nitrogen functional groups attached to an aromatic ring is 1. The summed E-state index contributed by atoms with van der Waals surface area (Å²) in [6.07, 6.45) is 0. The molecule has 1 heterocycles. The summed E-state index contributed by atoms with van der Waals surface area (Å²) in [6, 6.07) is 19.2. The van der Waals surface area contributed by atoms with Gasteiger partial charge in [-0.25, -0.2) is 4.98 Å². The molecule has 0 saturated carbocycles. The average molecular weight is 345 g/mol. The van der Waals surface area contributed by atoms with Gasteiger partial charge >= 0.3 is 0 Å². The topological polar surface area (TPSA) is 81.2 Å². The molecular formula is C21H19N3O2. The second-order valence-electron chi connectivity index (χ2n) is 5.59. The van der Waals surface area contributed by atoms with Crippen molar-refractivity contribution in [2.24, 2.45) is 0 Å². The zero-order valence-electron chi connectivity index (χ0n) is 14.7. The van der Waals surface area contributed by atoms with Crippen molar-refractivity contribution in [3.8, 4) is 40.0 Å². The fourth-order valence-corrected chi connectivity index (χ4v) is 2.80. The number of rotatable bonds is 5. The van der Waals surface area contributed by atoms with E-state index in [2.05, 4.69) is 11.1 Å². The third-order valence-corrected chi connectivity index (χ3v) is 4.00. The Hall–Kier alpha value is -3.52. The highest BCUT2D eigenvalue weighted by molar-refractivity contribution is 5.83. The molecule has 3 rings (SSSR count). The van der Waals surface area contributed by atoms with E-state index >= 15 is 0 Å². The SMILES string of the molecule is CCOc1ccccc1-c1cc(-c2cccc(OC)c2)nc(N)c1C#N. The van der Waals surface area contributed by atoms with Gasteiger partial charge in [0.15, 0.2) is 0 Å². The van der Waals surface area contributed by atoms with Crippen molar-refractivity contribution in [2.45, 2.75) is 6.92 Å². The number of benzene rings is 2. The van der Waals surface area contributed by atoms with Gasteiger partial charge in [-0.05, 0) is 31.2 Å². The first kappa shape index (κ1) is 17.3. The Bertz CT molecular complexity index is 977. The summed E-state index contributed by atoms with van der Waals surface area (Å²) in [5.41, 5.74) is 9.46. The summed E-state index contributed by atoms with van der Waals surface area (Å²) in [5, 5.41) is 9.59. The van der Waals surface area contributed by atoms with Crippen LogP contribution in [0.15, 0.2) is 54.6 Å². The van der Waals surface area contributed by atoms with Crippen molar-refractivity contribution >= 4 is 5.82 Å². The number of pyridine rings is 1. The van der Waals surface area contributed by atoms with Gasteiger partial charge in [0.05, 0.1) is 19.4 Å². The van der Waals surface area contributed by atoms with E-state index in [0.29, 0.717) is 29.2 Å². The molecule has 2 aromatic carbocycles. The summed E-state index contributed by atoms with van der Waals surface area (Å²) in [5.74, 6) is 1.62. The third kappa shape index (κ3) is 3.31. The predicted molar refractivity (Wildman–Crippen MR) is 102 cm³/mol. The van der Waals surface area contributed by atoms with Gasteiger partial charge in [-0.15, -0.1) is 0 Å². The molecule has 26 heavy (non-hydrogen) atoms. The number of aromatic nitrogens is 1. The van der Waals surface area contributed by atoms with Crippen LogP contribution in [0, 0.1) is 11.3 Å². The van der Waals surface area contributed by atoms with E-state index in [0.717, 1.165) is 16.9 Å². The van der Waals surface area contributed by atoms with Crippen LogP contribution in [0.3, 0.4) is 0 Å². The highest BCUT2D eigenvalue weighted by atomic mass is 16.5. The summed E-state index contributed by atoms with van der Waals surface area (Å²) in [6.45, 7) is 2.45. The monoisotopic (exact) mass is 345 g/mol. The number of para-hydroxylation sites is 1. The van der Waals surface area contributed by atoms with E-state index in [1.54, 1.807) is 7.11 Å². The quantitative estimate of drug-likeness (QED) is 0.746. The van der Waals surface area contributed by atoms with Gasteiger partial charge < -0.3 is 15.2 Å². The van der Waals surface area contributed by atoms with Crippen LogP contribution in [0.2, 0.25) is 0 Å². The van der Waals surface area contributed by atoms with E-state index < -0.39 is 0 Å². The number of nitrogens with zero attached hydrogens (tertiary/aromatic N) is 2. The molecule has 0 aliphatic rings. The van der Waals surface area contributed by atoms with Crippen LogP contribution in [-0.4, -0.2) is 18.7 Å². The second kappa shape index (κ2) is 7.58. The molecule has 0 radical (unpaired) electrons. The van der Waals surface area contributed by atoms with Crippen LogP contribution < -0.4 is 15.2 Å². The third-order valence-electron chi connectivity index (χ3n) is 4.00. The average Bonchev–Trinajstić information content (AvgIpc) is 2.68. The Morgan fingerprint density at radius 2 is 1.88 bits per heavy atom. The minimum Gasteiger partial charge on any atom is -0.497 e. The van der Waals surface area contributed by atoms with Gasteiger partial charge in [0.2, 0.25) is 0 Å². The van der Waals surface area contributed by atoms with Crippen molar-refractivity contribution in [1.29, 1.82) is 5.26 Å². The fraction of sp³-hybridized carbons (Fsp3) is 0.143. The molecule has 0 aliphatic carbocycles. The number of ether oxygens (including phenoxy) is 2. The van der Waals surface area contributed by atoms with Crippen LogP contribution in [0.25, 0.3) is 22.4 Å². The van der Waals surface area contributed by atoms with Gasteiger partial charge in [-0.1, -0.05) is 30.3 Å². The molecule has 5 heteroatoms. The number of hydrogen-bond acceptors (Lipinski definition) is 5. The number of methoxy groups -OCH3 is 1. The fourth-order valence-electron chi connectivity index (χ4n) is 2.80. The maximum absolute atomic E-state index is 9.59. The molecule has 0 fully saturated rings. The standard InChI is InChI=1S/C21H19N3O2/c1-3-26-20-10-5-4-9-16(20)17-12-19(24-21(23)18(17)13-22)14-7-6-8-15(11-14)25-2/h4-12H,3H2,1-2H3,(H2,23,24). The number of nitrogens with two attached hydrogens (primary N) is 1. The van der Waals surface area contributed by atoms with Crippen LogP contribution in [-0.2, 0) is 0 Å². The summed E-state index contributed by atoms with van der Waals surface area (Å²) in [7, 11) is 1.61. The summed E-state index contributed by atoms with van der Waals surface area (Å²) >= 11 is 0. The Balaban J connectivity index is 2.22. The largest absolute Gasteiger partial charge is 0.497 e. The smallest absolute Gasteiger partial charge is 0.142 e. The van der Waals surface area contributed by atoms with Crippen LogP contribution in [0.4, 0.5) is 5.82 Å². The predicted octanol–water partition coefficient (Wildman–Crippen LogP) is 4.28. The highest BCUT2D eigenvalue weighted by Gasteiger charge is 2.16. The van der Waals surface area contributed by atoms with Crippen LogP contribution in [0.1, 0.15) is 12.5 Å². The summed E-state index contributed by atoms with van der Waals surface area (Å²) in [4.78, 5) is 4.41. The Labute approximate surface area is 152 Å². The van der Waals surface area contributed by atoms with Crippen LogP contribution in [0.5, 0.6) is 11.5 Å². The first-order valence-electron chi connectivity index (χ1n) is 8.25. The van der Waals surface area contributed by atoms with Gasteiger partial charge in [0.1, 0.15) is 28.9 Å². The van der Waals surface area contributed by atoms with E-state index in [9.17, 15) is 5.26 Å². The molecule has 1 aromatic heterocycles. The lowest BCUT2D eigenvalue weighted by Gasteiger charge is -2.14. The minimum atomic E-state index is 0.189. The Morgan fingerprint density at radius 3 is 2.62 bits per heavy atom. The highest BCUT2D eigenvalue weighted by Crippen LogP contribution is 2.36. The molecule has 0 saturated heterocycles. The Morgan fingerprint density at radius 1 is 1.08 bits per heavy atom. The number of hydrogen-bond donors (Lipinski definition) is 1. The lowest BCUT2D eigenvalue weighted by molar-refractivity contribution is 0.341. The number of nitriles is 1. The van der Waals surface area contributed by atoms with Crippen molar-refractivity contribution in [3.63, 3.8) is 0 Å². The van der Waals surface area contributed by atoms with Gasteiger partial charge in [-0.3, -0.25) is 0 Å². The van der Waals surface area contributed by atoms with Gasteiger partial charge in [0, 0.05) is 16.7 Å². The maximum atomic E-state index is 9.59. The van der Waals surface area contributed by atoms with Crippen molar-refractivity contribution in [3.05, 3.63) is 60.2 Å². The molecule has 3 aromatic rings. The minimum absolute atomic E-state index is 0.189. The lowest BCUT2D eigenvalue weighted by Crippen LogP contribution is -2.01. The van der Waals surface area contributed by atoms with Gasteiger partial charge in [0.25, 0.3) is 0 Å². The van der Waals surface area contributed by atoms with Crippen molar-refractivity contribution in [1.82, 2.24) is 4.98 Å². The number of anilines is 1. The molecule has 0 spiro atoms. The molecule has 2 N–H and O–H groups in total. The first-order valence-corrected chi connectivity index (χ1v) is 8.25. The first-order chi connectivity index (χ1) is 12.7. The Kier molecular flexibility index (Phi) is 5.04. The lowest BCUT2D eigenvalue weighted by atomic mass is 9.97.